The van der Waals surface area contributed by atoms with Gasteiger partial charge in [0.2, 0.25) is 0 Å². The van der Waals surface area contributed by atoms with E-state index in [-0.39, 0.29) is 12.1 Å². The number of hydrogen-bond acceptors (Lipinski definition) is 4. The van der Waals surface area contributed by atoms with E-state index in [9.17, 15) is 9.90 Å². The Kier molecular flexibility index (Phi) is 5.41. The summed E-state index contributed by atoms with van der Waals surface area (Å²) in [6.07, 6.45) is 5.53. The molecule has 1 fully saturated rings. The highest BCUT2D eigenvalue weighted by molar-refractivity contribution is 5.95. The van der Waals surface area contributed by atoms with Gasteiger partial charge in [0.05, 0.1) is 18.8 Å². The Morgan fingerprint density at radius 1 is 1.35 bits per heavy atom. The largest absolute Gasteiger partial charge is 0.465 e. The smallest absolute Gasteiger partial charge is 0.339 e. The van der Waals surface area contributed by atoms with Crippen LogP contribution in [0.25, 0.3) is 0 Å². The molecule has 0 amide bonds. The fourth-order valence-electron chi connectivity index (χ4n) is 2.83. The minimum Gasteiger partial charge on any atom is -0.465 e. The molecule has 0 aliphatic heterocycles. The van der Waals surface area contributed by atoms with Crippen molar-refractivity contribution >= 4 is 11.7 Å². The van der Waals surface area contributed by atoms with Crippen LogP contribution >= 0.6 is 0 Å². The van der Waals surface area contributed by atoms with E-state index in [0.29, 0.717) is 23.7 Å². The van der Waals surface area contributed by atoms with Gasteiger partial charge in [-0.2, -0.15) is 0 Å². The number of carbonyl (C=O) groups is 1. The van der Waals surface area contributed by atoms with Gasteiger partial charge in [0.15, 0.2) is 0 Å². The number of benzene rings is 1. The molecule has 0 heterocycles. The van der Waals surface area contributed by atoms with Crippen molar-refractivity contribution < 1.29 is 14.6 Å². The van der Waals surface area contributed by atoms with Crippen LogP contribution in [-0.2, 0) is 4.74 Å². The van der Waals surface area contributed by atoms with Crippen molar-refractivity contribution in [1.29, 1.82) is 0 Å². The van der Waals surface area contributed by atoms with Gasteiger partial charge in [0.25, 0.3) is 0 Å². The average molecular weight is 277 g/mol. The lowest BCUT2D eigenvalue weighted by Crippen LogP contribution is -2.30. The molecule has 2 rings (SSSR count). The van der Waals surface area contributed by atoms with Crippen molar-refractivity contribution in [3.8, 4) is 0 Å². The van der Waals surface area contributed by atoms with Crippen molar-refractivity contribution in [3.63, 3.8) is 0 Å². The number of aliphatic hydroxyl groups is 1. The SMILES string of the molecule is COC(=O)c1ccccc1NCC(O)C1CCCCC1. The molecule has 110 valence electrons. The number of aliphatic hydroxyl groups excluding tert-OH is 1. The molecule has 0 spiro atoms. The summed E-state index contributed by atoms with van der Waals surface area (Å²) in [5.41, 5.74) is 1.22. The number of esters is 1. The number of para-hydroxylation sites is 1. The third-order valence-electron chi connectivity index (χ3n) is 4.03. The lowest BCUT2D eigenvalue weighted by molar-refractivity contribution is 0.0601. The van der Waals surface area contributed by atoms with Crippen molar-refractivity contribution in [3.05, 3.63) is 29.8 Å². The molecular weight excluding hydrogens is 254 g/mol. The predicted octanol–water partition coefficient (Wildman–Crippen LogP) is 2.83. The van der Waals surface area contributed by atoms with Crippen LogP contribution in [0.1, 0.15) is 42.5 Å². The Balaban J connectivity index is 1.94. The van der Waals surface area contributed by atoms with E-state index in [1.165, 1.54) is 26.4 Å². The maximum atomic E-state index is 11.7. The molecule has 1 saturated carbocycles. The first-order chi connectivity index (χ1) is 9.72. The molecule has 2 N–H and O–H groups in total. The van der Waals surface area contributed by atoms with Crippen LogP contribution in [0.2, 0.25) is 0 Å². The molecule has 0 aromatic heterocycles. The van der Waals surface area contributed by atoms with Crippen LogP contribution in [0.5, 0.6) is 0 Å². The van der Waals surface area contributed by atoms with Gasteiger partial charge in [-0.3, -0.25) is 0 Å². The molecule has 0 saturated heterocycles. The van der Waals surface area contributed by atoms with Gasteiger partial charge in [-0.15, -0.1) is 0 Å². The summed E-state index contributed by atoms with van der Waals surface area (Å²) in [6.45, 7) is 0.471. The van der Waals surface area contributed by atoms with Crippen LogP contribution < -0.4 is 5.32 Å². The summed E-state index contributed by atoms with van der Waals surface area (Å²) < 4.78 is 4.76. The van der Waals surface area contributed by atoms with Crippen molar-refractivity contribution in [2.24, 2.45) is 5.92 Å². The Bertz CT molecular complexity index is 441. The second-order valence-corrected chi connectivity index (χ2v) is 5.38. The zero-order valence-corrected chi connectivity index (χ0v) is 12.0. The van der Waals surface area contributed by atoms with Crippen molar-refractivity contribution in [2.45, 2.75) is 38.2 Å². The average Bonchev–Trinajstić information content (AvgIpc) is 2.53. The number of carbonyl (C=O) groups excluding carboxylic acids is 1. The molecular formula is C16H23NO3. The first-order valence-electron chi connectivity index (χ1n) is 7.31. The van der Waals surface area contributed by atoms with Crippen LogP contribution in [0.15, 0.2) is 24.3 Å². The first-order valence-corrected chi connectivity index (χ1v) is 7.31. The fraction of sp³-hybridized carbons (Fsp3) is 0.562. The highest BCUT2D eigenvalue weighted by Crippen LogP contribution is 2.27. The highest BCUT2D eigenvalue weighted by atomic mass is 16.5. The predicted molar refractivity (Wildman–Crippen MR) is 78.9 cm³/mol. The molecule has 1 aromatic carbocycles. The number of hydrogen-bond donors (Lipinski definition) is 2. The molecule has 1 atom stereocenters. The molecule has 1 aliphatic carbocycles. The minimum absolute atomic E-state index is 0.360. The van der Waals surface area contributed by atoms with Crippen molar-refractivity contribution in [1.82, 2.24) is 0 Å². The van der Waals surface area contributed by atoms with E-state index >= 15 is 0 Å². The van der Waals surface area contributed by atoms with Gasteiger partial charge in [-0.1, -0.05) is 31.4 Å². The van der Waals surface area contributed by atoms with Gasteiger partial charge in [-0.05, 0) is 30.9 Å². The summed E-state index contributed by atoms with van der Waals surface area (Å²) in [4.78, 5) is 11.7. The second kappa shape index (κ2) is 7.29. The number of rotatable bonds is 5. The maximum Gasteiger partial charge on any atom is 0.339 e. The van der Waals surface area contributed by atoms with E-state index in [0.717, 1.165) is 12.8 Å². The summed E-state index contributed by atoms with van der Waals surface area (Å²) in [6, 6.07) is 7.22. The Morgan fingerprint density at radius 2 is 2.05 bits per heavy atom. The normalized spacial score (nSPS) is 17.5. The van der Waals surface area contributed by atoms with E-state index in [4.69, 9.17) is 4.74 Å². The monoisotopic (exact) mass is 277 g/mol. The van der Waals surface area contributed by atoms with Crippen molar-refractivity contribution in [2.75, 3.05) is 19.0 Å². The highest BCUT2D eigenvalue weighted by Gasteiger charge is 2.22. The molecule has 0 bridgehead atoms. The van der Waals surface area contributed by atoms with E-state index in [2.05, 4.69) is 5.32 Å². The number of nitrogens with one attached hydrogen (secondary N) is 1. The van der Waals surface area contributed by atoms with Crippen LogP contribution in [-0.4, -0.2) is 30.8 Å². The number of ether oxygens (including phenoxy) is 1. The van der Waals surface area contributed by atoms with Gasteiger partial charge in [-0.25, -0.2) is 4.79 Å². The summed E-state index contributed by atoms with van der Waals surface area (Å²) in [7, 11) is 1.37. The lowest BCUT2D eigenvalue weighted by atomic mass is 9.85. The van der Waals surface area contributed by atoms with Crippen LogP contribution in [0.4, 0.5) is 5.69 Å². The van der Waals surface area contributed by atoms with Crippen LogP contribution in [0, 0.1) is 5.92 Å². The van der Waals surface area contributed by atoms with E-state index < -0.39 is 0 Å². The van der Waals surface area contributed by atoms with Gasteiger partial charge in [0, 0.05) is 12.2 Å². The Morgan fingerprint density at radius 3 is 2.75 bits per heavy atom. The molecule has 4 heteroatoms. The summed E-state index contributed by atoms with van der Waals surface area (Å²) in [5.74, 6) is 0.0156. The first kappa shape index (κ1) is 14.9. The standard InChI is InChI=1S/C16H23NO3/c1-20-16(19)13-9-5-6-10-14(13)17-11-15(18)12-7-3-2-4-8-12/h5-6,9-10,12,15,17-18H,2-4,7-8,11H2,1H3. The van der Waals surface area contributed by atoms with E-state index in [1.54, 1.807) is 12.1 Å². The lowest BCUT2D eigenvalue weighted by Gasteiger charge is -2.27. The third kappa shape index (κ3) is 3.73. The van der Waals surface area contributed by atoms with Gasteiger partial charge in [0.1, 0.15) is 0 Å². The minimum atomic E-state index is -0.361. The maximum absolute atomic E-state index is 11.7. The molecule has 0 radical (unpaired) electrons. The van der Waals surface area contributed by atoms with Gasteiger partial charge < -0.3 is 15.2 Å². The summed E-state index contributed by atoms with van der Waals surface area (Å²) >= 11 is 0. The number of anilines is 1. The number of methoxy groups -OCH3 is 1. The second-order valence-electron chi connectivity index (χ2n) is 5.38. The summed E-state index contributed by atoms with van der Waals surface area (Å²) in [5, 5.41) is 13.4. The fourth-order valence-corrected chi connectivity index (χ4v) is 2.83. The van der Waals surface area contributed by atoms with E-state index in [1.807, 2.05) is 12.1 Å². The quantitative estimate of drug-likeness (QED) is 0.813. The molecule has 1 aliphatic rings. The zero-order valence-electron chi connectivity index (χ0n) is 12.0. The molecule has 4 nitrogen and oxygen atoms in total. The molecule has 1 aromatic rings. The molecule has 20 heavy (non-hydrogen) atoms. The van der Waals surface area contributed by atoms with Gasteiger partial charge >= 0.3 is 5.97 Å². The zero-order chi connectivity index (χ0) is 14.4. The molecule has 1 unspecified atom stereocenters. The Hall–Kier alpha value is -1.55. The topological polar surface area (TPSA) is 58.6 Å². The third-order valence-corrected chi connectivity index (χ3v) is 4.03. The van der Waals surface area contributed by atoms with Crippen LogP contribution in [0.3, 0.4) is 0 Å². The Labute approximate surface area is 120 Å².